The van der Waals surface area contributed by atoms with Gasteiger partial charge in [-0.15, -0.1) is 0 Å². The van der Waals surface area contributed by atoms with Gasteiger partial charge >= 0.3 is 0 Å². The summed E-state index contributed by atoms with van der Waals surface area (Å²) in [4.78, 5) is 15.5. The molecule has 2 rings (SSSR count). The van der Waals surface area contributed by atoms with E-state index in [1.807, 2.05) is 22.9 Å². The van der Waals surface area contributed by atoms with Crippen molar-refractivity contribution in [3.63, 3.8) is 0 Å². The van der Waals surface area contributed by atoms with E-state index in [-0.39, 0.29) is 5.91 Å². The van der Waals surface area contributed by atoms with Gasteiger partial charge in [-0.3, -0.25) is 9.78 Å². The zero-order valence-electron chi connectivity index (χ0n) is 8.01. The van der Waals surface area contributed by atoms with Crippen LogP contribution in [0.2, 0.25) is 0 Å². The van der Waals surface area contributed by atoms with Gasteiger partial charge in [-0.25, -0.2) is 0 Å². The van der Waals surface area contributed by atoms with Crippen molar-refractivity contribution in [3.8, 4) is 0 Å². The average Bonchev–Trinajstić information content (AvgIpc) is 2.71. The van der Waals surface area contributed by atoms with Crippen LogP contribution in [0.4, 0.5) is 5.69 Å². The first-order chi connectivity index (χ1) is 7.34. The number of anilines is 1. The molecule has 0 fully saturated rings. The van der Waals surface area contributed by atoms with Crippen molar-refractivity contribution in [1.82, 2.24) is 4.98 Å². The summed E-state index contributed by atoms with van der Waals surface area (Å²) in [5.74, 6) is -0.0126. The van der Waals surface area contributed by atoms with Crippen LogP contribution in [0.25, 0.3) is 0 Å². The summed E-state index contributed by atoms with van der Waals surface area (Å²) < 4.78 is 0. The molecule has 2 aromatic heterocycles. The minimum Gasteiger partial charge on any atom is -0.324 e. The first-order valence-electron chi connectivity index (χ1n) is 4.55. The molecule has 0 bridgehead atoms. The van der Waals surface area contributed by atoms with Crippen LogP contribution in [-0.4, -0.2) is 10.9 Å². The Balaban J connectivity index is 1.94. The Bertz CT molecular complexity index is 425. The van der Waals surface area contributed by atoms with Crippen molar-refractivity contribution in [1.29, 1.82) is 0 Å². The van der Waals surface area contributed by atoms with Crippen LogP contribution in [-0.2, 0) is 11.2 Å². The van der Waals surface area contributed by atoms with E-state index in [0.717, 1.165) is 11.3 Å². The molecule has 76 valence electrons. The summed E-state index contributed by atoms with van der Waals surface area (Å²) in [7, 11) is 0. The fourth-order valence-corrected chi connectivity index (χ4v) is 1.89. The maximum Gasteiger partial charge on any atom is 0.228 e. The number of carbonyl (C=O) groups excluding carboxylic acids is 1. The van der Waals surface area contributed by atoms with Crippen molar-refractivity contribution in [2.75, 3.05) is 5.32 Å². The SMILES string of the molecule is O=C(Cc1ccsc1)Nc1cccnc1. The molecule has 4 heteroatoms. The fourth-order valence-electron chi connectivity index (χ4n) is 1.22. The summed E-state index contributed by atoms with van der Waals surface area (Å²) in [6, 6.07) is 5.56. The van der Waals surface area contributed by atoms with E-state index in [0.29, 0.717) is 6.42 Å². The number of hydrogen-bond acceptors (Lipinski definition) is 3. The second-order valence-corrected chi connectivity index (χ2v) is 3.88. The molecule has 0 aliphatic rings. The zero-order valence-corrected chi connectivity index (χ0v) is 8.83. The summed E-state index contributed by atoms with van der Waals surface area (Å²) in [6.07, 6.45) is 3.72. The molecule has 2 aromatic rings. The van der Waals surface area contributed by atoms with Gasteiger partial charge in [0.05, 0.1) is 18.3 Å². The molecular weight excluding hydrogens is 208 g/mol. The predicted molar refractivity (Wildman–Crippen MR) is 60.9 cm³/mol. The summed E-state index contributed by atoms with van der Waals surface area (Å²) >= 11 is 1.60. The molecule has 1 amide bonds. The number of thiophene rings is 1. The van der Waals surface area contributed by atoms with E-state index in [2.05, 4.69) is 10.3 Å². The molecule has 0 aromatic carbocycles. The highest BCUT2D eigenvalue weighted by Gasteiger charge is 2.03. The van der Waals surface area contributed by atoms with Crippen LogP contribution in [0.3, 0.4) is 0 Å². The molecule has 0 aliphatic heterocycles. The molecule has 0 saturated carbocycles. The Morgan fingerprint density at radius 1 is 1.47 bits per heavy atom. The lowest BCUT2D eigenvalue weighted by Crippen LogP contribution is -2.13. The summed E-state index contributed by atoms with van der Waals surface area (Å²) in [5, 5.41) is 6.72. The lowest BCUT2D eigenvalue weighted by atomic mass is 10.2. The van der Waals surface area contributed by atoms with Crippen molar-refractivity contribution >= 4 is 22.9 Å². The molecule has 0 atom stereocenters. The Kier molecular flexibility index (Phi) is 3.09. The Labute approximate surface area is 91.8 Å². The third-order valence-electron chi connectivity index (χ3n) is 1.89. The molecule has 3 nitrogen and oxygen atoms in total. The van der Waals surface area contributed by atoms with Crippen molar-refractivity contribution < 1.29 is 4.79 Å². The van der Waals surface area contributed by atoms with Crippen molar-refractivity contribution in [2.45, 2.75) is 6.42 Å². The van der Waals surface area contributed by atoms with E-state index < -0.39 is 0 Å². The number of pyridine rings is 1. The quantitative estimate of drug-likeness (QED) is 0.859. The molecule has 1 N–H and O–H groups in total. The standard InChI is InChI=1S/C11H10N2OS/c14-11(6-9-3-5-15-8-9)13-10-2-1-4-12-7-10/h1-5,7-8H,6H2,(H,13,14). The highest BCUT2D eigenvalue weighted by atomic mass is 32.1. The number of hydrogen-bond donors (Lipinski definition) is 1. The number of rotatable bonds is 3. The summed E-state index contributed by atoms with van der Waals surface area (Å²) in [6.45, 7) is 0. The molecule has 0 radical (unpaired) electrons. The van der Waals surface area contributed by atoms with E-state index in [4.69, 9.17) is 0 Å². The third kappa shape index (κ3) is 2.89. The molecule has 15 heavy (non-hydrogen) atoms. The number of nitrogens with one attached hydrogen (secondary N) is 1. The van der Waals surface area contributed by atoms with Crippen LogP contribution >= 0.6 is 11.3 Å². The predicted octanol–water partition coefficient (Wildman–Crippen LogP) is 2.32. The maximum atomic E-state index is 11.5. The Hall–Kier alpha value is -1.68. The smallest absolute Gasteiger partial charge is 0.228 e. The minimum atomic E-state index is -0.0126. The van der Waals surface area contributed by atoms with Gasteiger partial charge in [0.1, 0.15) is 0 Å². The van der Waals surface area contributed by atoms with E-state index in [1.165, 1.54) is 0 Å². The number of carbonyl (C=O) groups is 1. The maximum absolute atomic E-state index is 11.5. The largest absolute Gasteiger partial charge is 0.324 e. The normalized spacial score (nSPS) is 9.87. The topological polar surface area (TPSA) is 42.0 Å². The third-order valence-corrected chi connectivity index (χ3v) is 2.62. The average molecular weight is 218 g/mol. The first kappa shape index (κ1) is 9.86. The molecule has 2 heterocycles. The highest BCUT2D eigenvalue weighted by molar-refractivity contribution is 7.08. The molecule has 0 spiro atoms. The van der Waals surface area contributed by atoms with E-state index in [9.17, 15) is 4.79 Å². The Morgan fingerprint density at radius 2 is 2.40 bits per heavy atom. The van der Waals surface area contributed by atoms with Gasteiger partial charge in [0.25, 0.3) is 0 Å². The fraction of sp³-hybridized carbons (Fsp3) is 0.0909. The van der Waals surface area contributed by atoms with Crippen LogP contribution < -0.4 is 5.32 Å². The molecular formula is C11H10N2OS. The second kappa shape index (κ2) is 4.70. The number of aromatic nitrogens is 1. The van der Waals surface area contributed by atoms with E-state index in [1.54, 1.807) is 29.8 Å². The van der Waals surface area contributed by atoms with Gasteiger partial charge in [-0.05, 0) is 34.5 Å². The van der Waals surface area contributed by atoms with Gasteiger partial charge in [-0.1, -0.05) is 0 Å². The second-order valence-electron chi connectivity index (χ2n) is 3.10. The van der Waals surface area contributed by atoms with Crippen LogP contribution in [0.5, 0.6) is 0 Å². The van der Waals surface area contributed by atoms with Crippen LogP contribution in [0, 0.1) is 0 Å². The first-order valence-corrected chi connectivity index (χ1v) is 5.50. The zero-order chi connectivity index (χ0) is 10.5. The van der Waals surface area contributed by atoms with Gasteiger partial charge < -0.3 is 5.32 Å². The number of nitrogens with zero attached hydrogens (tertiary/aromatic N) is 1. The van der Waals surface area contributed by atoms with Gasteiger partial charge in [-0.2, -0.15) is 11.3 Å². The van der Waals surface area contributed by atoms with Crippen molar-refractivity contribution in [3.05, 3.63) is 46.9 Å². The molecule has 0 aliphatic carbocycles. The lowest BCUT2D eigenvalue weighted by molar-refractivity contribution is -0.115. The van der Waals surface area contributed by atoms with Gasteiger partial charge in [0, 0.05) is 6.20 Å². The summed E-state index contributed by atoms with van der Waals surface area (Å²) in [5.41, 5.74) is 1.78. The highest BCUT2D eigenvalue weighted by Crippen LogP contribution is 2.08. The lowest BCUT2D eigenvalue weighted by Gasteiger charge is -2.02. The monoisotopic (exact) mass is 218 g/mol. The van der Waals surface area contributed by atoms with Gasteiger partial charge in [0.2, 0.25) is 5.91 Å². The van der Waals surface area contributed by atoms with Gasteiger partial charge in [0.15, 0.2) is 0 Å². The molecule has 0 unspecified atom stereocenters. The van der Waals surface area contributed by atoms with Crippen molar-refractivity contribution in [2.24, 2.45) is 0 Å². The van der Waals surface area contributed by atoms with Crippen LogP contribution in [0.1, 0.15) is 5.56 Å². The van der Waals surface area contributed by atoms with E-state index >= 15 is 0 Å². The minimum absolute atomic E-state index is 0.0126. The Morgan fingerprint density at radius 3 is 3.07 bits per heavy atom. The van der Waals surface area contributed by atoms with Crippen LogP contribution in [0.15, 0.2) is 41.4 Å². The molecule has 0 saturated heterocycles. The number of amides is 1.